The van der Waals surface area contributed by atoms with Gasteiger partial charge in [-0.05, 0) is 36.1 Å². The summed E-state index contributed by atoms with van der Waals surface area (Å²) < 4.78 is 0. The van der Waals surface area contributed by atoms with Crippen LogP contribution in [0, 0.1) is 12.8 Å². The third-order valence-corrected chi connectivity index (χ3v) is 4.40. The molecule has 1 atom stereocenters. The zero-order valence-corrected chi connectivity index (χ0v) is 13.5. The molecule has 0 saturated carbocycles. The highest BCUT2D eigenvalue weighted by Gasteiger charge is 2.16. The molecule has 2 aromatic carbocycles. The molecule has 1 nitrogen and oxygen atoms in total. The van der Waals surface area contributed by atoms with Gasteiger partial charge in [-0.2, -0.15) is 0 Å². The van der Waals surface area contributed by atoms with Crippen LogP contribution in [0.2, 0.25) is 0 Å². The molecule has 0 aromatic heterocycles. The Morgan fingerprint density at radius 3 is 2.10 bits per heavy atom. The van der Waals surface area contributed by atoms with Crippen molar-refractivity contribution in [2.45, 2.75) is 39.7 Å². The Morgan fingerprint density at radius 1 is 0.857 bits per heavy atom. The van der Waals surface area contributed by atoms with Gasteiger partial charge in [0.2, 0.25) is 0 Å². The van der Waals surface area contributed by atoms with Crippen molar-refractivity contribution in [3.63, 3.8) is 0 Å². The van der Waals surface area contributed by atoms with Gasteiger partial charge >= 0.3 is 0 Å². The van der Waals surface area contributed by atoms with Gasteiger partial charge in [0.05, 0.1) is 6.04 Å². The smallest absolute Gasteiger partial charge is 0.0579 e. The molecule has 0 aliphatic rings. The Labute approximate surface area is 129 Å². The van der Waals surface area contributed by atoms with Crippen LogP contribution in [-0.2, 0) is 0 Å². The fraction of sp³-hybridized carbons (Fsp3) is 0.400. The quantitative estimate of drug-likeness (QED) is 0.743. The van der Waals surface area contributed by atoms with Crippen LogP contribution in [0.15, 0.2) is 54.6 Å². The Morgan fingerprint density at radius 2 is 1.48 bits per heavy atom. The molecular formula is C20H27N. The van der Waals surface area contributed by atoms with E-state index in [1.54, 1.807) is 0 Å². The van der Waals surface area contributed by atoms with Crippen LogP contribution in [0.4, 0.5) is 0 Å². The lowest BCUT2D eigenvalue weighted by Crippen LogP contribution is -2.28. The molecule has 0 heterocycles. The highest BCUT2D eigenvalue weighted by atomic mass is 14.9. The van der Waals surface area contributed by atoms with E-state index in [0.29, 0.717) is 0 Å². The fourth-order valence-electron chi connectivity index (χ4n) is 2.83. The summed E-state index contributed by atoms with van der Waals surface area (Å²) in [4.78, 5) is 0. The molecule has 0 saturated heterocycles. The van der Waals surface area contributed by atoms with Crippen LogP contribution in [-0.4, -0.2) is 6.54 Å². The topological polar surface area (TPSA) is 12.0 Å². The second-order valence-corrected chi connectivity index (χ2v) is 5.79. The van der Waals surface area contributed by atoms with Crippen molar-refractivity contribution in [2.24, 2.45) is 5.92 Å². The first-order valence-electron chi connectivity index (χ1n) is 8.10. The lowest BCUT2D eigenvalue weighted by atomic mass is 9.94. The summed E-state index contributed by atoms with van der Waals surface area (Å²) in [6.07, 6.45) is 2.47. The van der Waals surface area contributed by atoms with Gasteiger partial charge in [0.1, 0.15) is 0 Å². The summed E-state index contributed by atoms with van der Waals surface area (Å²) >= 11 is 0. The van der Waals surface area contributed by atoms with Crippen LogP contribution >= 0.6 is 0 Å². The molecule has 112 valence electrons. The average molecular weight is 281 g/mol. The maximum atomic E-state index is 3.80. The molecule has 0 bridgehead atoms. The largest absolute Gasteiger partial charge is 0.306 e. The van der Waals surface area contributed by atoms with Gasteiger partial charge < -0.3 is 5.32 Å². The van der Waals surface area contributed by atoms with E-state index in [1.165, 1.54) is 29.5 Å². The summed E-state index contributed by atoms with van der Waals surface area (Å²) in [5, 5.41) is 3.80. The number of aryl methyl sites for hydroxylation is 1. The highest BCUT2D eigenvalue weighted by molar-refractivity contribution is 5.36. The summed E-state index contributed by atoms with van der Waals surface area (Å²) in [5.41, 5.74) is 4.08. The molecule has 0 aliphatic heterocycles. The van der Waals surface area contributed by atoms with E-state index in [0.717, 1.165) is 12.5 Å². The minimum Gasteiger partial charge on any atom is -0.306 e. The Kier molecular flexibility index (Phi) is 6.01. The van der Waals surface area contributed by atoms with Crippen molar-refractivity contribution >= 4 is 0 Å². The van der Waals surface area contributed by atoms with E-state index in [4.69, 9.17) is 0 Å². The van der Waals surface area contributed by atoms with Gasteiger partial charge in [-0.25, -0.2) is 0 Å². The Balaban J connectivity index is 2.25. The van der Waals surface area contributed by atoms with Crippen LogP contribution in [0.3, 0.4) is 0 Å². The molecule has 0 radical (unpaired) electrons. The molecule has 2 aromatic rings. The average Bonchev–Trinajstić information content (AvgIpc) is 2.54. The van der Waals surface area contributed by atoms with E-state index in [-0.39, 0.29) is 6.04 Å². The number of nitrogens with one attached hydrogen (secondary N) is 1. The number of hydrogen-bond acceptors (Lipinski definition) is 1. The third-order valence-electron chi connectivity index (χ3n) is 4.40. The van der Waals surface area contributed by atoms with Crippen molar-refractivity contribution in [2.75, 3.05) is 6.54 Å². The predicted octanol–water partition coefficient (Wildman–Crippen LogP) is 5.11. The first-order chi connectivity index (χ1) is 10.3. The number of hydrogen-bond donors (Lipinski definition) is 1. The zero-order chi connectivity index (χ0) is 15.1. The van der Waals surface area contributed by atoms with E-state index < -0.39 is 0 Å². The first kappa shape index (κ1) is 15.8. The zero-order valence-electron chi connectivity index (χ0n) is 13.5. The molecule has 1 heteroatoms. The molecule has 0 spiro atoms. The summed E-state index contributed by atoms with van der Waals surface area (Å²) in [6.45, 7) is 7.83. The molecule has 2 rings (SSSR count). The van der Waals surface area contributed by atoms with Gasteiger partial charge in [0.15, 0.2) is 0 Å². The maximum Gasteiger partial charge on any atom is 0.0579 e. The van der Waals surface area contributed by atoms with Gasteiger partial charge in [-0.15, -0.1) is 0 Å². The molecule has 1 unspecified atom stereocenters. The van der Waals surface area contributed by atoms with Crippen molar-refractivity contribution in [3.05, 3.63) is 71.3 Å². The maximum absolute atomic E-state index is 3.80. The van der Waals surface area contributed by atoms with Crippen LogP contribution in [0.25, 0.3) is 0 Å². The van der Waals surface area contributed by atoms with Gasteiger partial charge in [0, 0.05) is 0 Å². The fourth-order valence-corrected chi connectivity index (χ4v) is 2.83. The third kappa shape index (κ3) is 4.18. The molecular weight excluding hydrogens is 254 g/mol. The summed E-state index contributed by atoms with van der Waals surface area (Å²) in [6, 6.07) is 19.7. The summed E-state index contributed by atoms with van der Waals surface area (Å²) in [5.74, 6) is 0.750. The molecule has 21 heavy (non-hydrogen) atoms. The minimum absolute atomic E-state index is 0.285. The van der Waals surface area contributed by atoms with Crippen LogP contribution in [0.5, 0.6) is 0 Å². The van der Waals surface area contributed by atoms with E-state index in [1.807, 2.05) is 0 Å². The lowest BCUT2D eigenvalue weighted by Gasteiger charge is -2.24. The van der Waals surface area contributed by atoms with Gasteiger partial charge in [-0.1, -0.05) is 81.3 Å². The Hall–Kier alpha value is -1.60. The molecule has 0 amide bonds. The van der Waals surface area contributed by atoms with E-state index in [9.17, 15) is 0 Å². The number of rotatable bonds is 7. The Bertz CT molecular complexity index is 529. The van der Waals surface area contributed by atoms with Crippen molar-refractivity contribution in [3.8, 4) is 0 Å². The van der Waals surface area contributed by atoms with Crippen LogP contribution < -0.4 is 5.32 Å². The monoisotopic (exact) mass is 281 g/mol. The molecule has 0 fully saturated rings. The normalized spacial score (nSPS) is 12.6. The molecule has 1 N–H and O–H groups in total. The predicted molar refractivity (Wildman–Crippen MR) is 91.5 cm³/mol. The van der Waals surface area contributed by atoms with Gasteiger partial charge in [0.25, 0.3) is 0 Å². The minimum atomic E-state index is 0.285. The number of benzene rings is 2. The van der Waals surface area contributed by atoms with Crippen LogP contribution in [0.1, 0.15) is 49.4 Å². The second kappa shape index (κ2) is 7.99. The SMILES string of the molecule is CCC(CC)CNC(c1ccccc1)c1ccccc1C. The second-order valence-electron chi connectivity index (χ2n) is 5.79. The van der Waals surface area contributed by atoms with Crippen molar-refractivity contribution in [1.82, 2.24) is 5.32 Å². The van der Waals surface area contributed by atoms with Crippen molar-refractivity contribution in [1.29, 1.82) is 0 Å². The standard InChI is InChI=1S/C20H27N/c1-4-17(5-2)15-21-20(18-12-7-6-8-13-18)19-14-10-9-11-16(19)3/h6-14,17,20-21H,4-5,15H2,1-3H3. The van der Waals surface area contributed by atoms with E-state index in [2.05, 4.69) is 80.7 Å². The lowest BCUT2D eigenvalue weighted by molar-refractivity contribution is 0.430. The van der Waals surface area contributed by atoms with E-state index >= 15 is 0 Å². The first-order valence-corrected chi connectivity index (χ1v) is 8.10. The van der Waals surface area contributed by atoms with Gasteiger partial charge in [-0.3, -0.25) is 0 Å². The highest BCUT2D eigenvalue weighted by Crippen LogP contribution is 2.25. The van der Waals surface area contributed by atoms with Crippen molar-refractivity contribution < 1.29 is 0 Å². The summed E-state index contributed by atoms with van der Waals surface area (Å²) in [7, 11) is 0. The molecule has 0 aliphatic carbocycles.